The van der Waals surface area contributed by atoms with E-state index in [9.17, 15) is 10.1 Å². The highest BCUT2D eigenvalue weighted by Crippen LogP contribution is 2.43. The Morgan fingerprint density at radius 2 is 1.53 bits per heavy atom. The van der Waals surface area contributed by atoms with E-state index in [1.807, 2.05) is 18.2 Å². The van der Waals surface area contributed by atoms with Crippen molar-refractivity contribution >= 4 is 5.69 Å². The fourth-order valence-electron chi connectivity index (χ4n) is 3.26. The Balaban J connectivity index is 2.15. The summed E-state index contributed by atoms with van der Waals surface area (Å²) in [7, 11) is 3.17. The second-order valence-corrected chi connectivity index (χ2v) is 6.75. The number of ether oxygens (including phenoxy) is 3. The number of hydrogen-bond donors (Lipinski definition) is 0. The van der Waals surface area contributed by atoms with Crippen LogP contribution in [0.5, 0.6) is 17.2 Å². The molecule has 0 aliphatic rings. The molecule has 3 aromatic carbocycles. The summed E-state index contributed by atoms with van der Waals surface area (Å²) in [5, 5.41) is 12.1. The van der Waals surface area contributed by atoms with E-state index in [0.29, 0.717) is 40.5 Å². The molecular formula is C24H25NO5. The molecule has 0 radical (unpaired) electrons. The van der Waals surface area contributed by atoms with Gasteiger partial charge in [-0.25, -0.2) is 0 Å². The van der Waals surface area contributed by atoms with Crippen LogP contribution in [-0.4, -0.2) is 25.7 Å². The number of methoxy groups -OCH3 is 2. The molecule has 0 saturated carbocycles. The van der Waals surface area contributed by atoms with Crippen LogP contribution in [0.4, 0.5) is 5.69 Å². The molecule has 0 aliphatic carbocycles. The standard InChI is InChI=1S/C24H25NO5/c1-4-5-15-30-23-16-19(29-3)13-14-21(23)22-8-6-7-20(24(22)25(26)27)17-9-11-18(28-2)12-10-17/h6-14,16H,4-5,15H2,1-3H3. The maximum Gasteiger partial charge on any atom is 0.285 e. The summed E-state index contributed by atoms with van der Waals surface area (Å²) < 4.78 is 16.5. The maximum atomic E-state index is 12.1. The highest BCUT2D eigenvalue weighted by molar-refractivity contribution is 5.88. The Hall–Kier alpha value is -3.54. The third kappa shape index (κ3) is 4.54. The molecule has 0 N–H and O–H groups in total. The van der Waals surface area contributed by atoms with E-state index in [1.165, 1.54) is 0 Å². The highest BCUT2D eigenvalue weighted by Gasteiger charge is 2.24. The van der Waals surface area contributed by atoms with Gasteiger partial charge >= 0.3 is 0 Å². The first-order valence-corrected chi connectivity index (χ1v) is 9.82. The minimum absolute atomic E-state index is 0.0353. The summed E-state index contributed by atoms with van der Waals surface area (Å²) in [5.41, 5.74) is 2.48. The number of nitrogens with zero attached hydrogens (tertiary/aromatic N) is 1. The second kappa shape index (κ2) is 9.78. The van der Waals surface area contributed by atoms with Gasteiger partial charge < -0.3 is 14.2 Å². The number of para-hydroxylation sites is 1. The molecule has 0 unspecified atom stereocenters. The van der Waals surface area contributed by atoms with Crippen molar-refractivity contribution in [2.24, 2.45) is 0 Å². The van der Waals surface area contributed by atoms with Crippen molar-refractivity contribution in [2.75, 3.05) is 20.8 Å². The number of nitro groups is 1. The normalized spacial score (nSPS) is 10.5. The van der Waals surface area contributed by atoms with Gasteiger partial charge in [0, 0.05) is 11.6 Å². The minimum Gasteiger partial charge on any atom is -0.497 e. The topological polar surface area (TPSA) is 70.8 Å². The molecule has 30 heavy (non-hydrogen) atoms. The van der Waals surface area contributed by atoms with Gasteiger partial charge in [0.1, 0.15) is 17.2 Å². The molecule has 0 saturated heterocycles. The van der Waals surface area contributed by atoms with Gasteiger partial charge in [-0.3, -0.25) is 10.1 Å². The third-order valence-corrected chi connectivity index (χ3v) is 4.85. The monoisotopic (exact) mass is 407 g/mol. The lowest BCUT2D eigenvalue weighted by molar-refractivity contribution is -0.383. The van der Waals surface area contributed by atoms with Gasteiger partial charge in [-0.15, -0.1) is 0 Å². The van der Waals surface area contributed by atoms with Crippen LogP contribution in [0, 0.1) is 10.1 Å². The zero-order chi connectivity index (χ0) is 21.5. The van der Waals surface area contributed by atoms with E-state index in [2.05, 4.69) is 6.92 Å². The fourth-order valence-corrected chi connectivity index (χ4v) is 3.26. The predicted octanol–water partition coefficient (Wildman–Crippen LogP) is 6.12. The van der Waals surface area contributed by atoms with E-state index < -0.39 is 0 Å². The van der Waals surface area contributed by atoms with Crippen LogP contribution in [0.15, 0.2) is 60.7 Å². The molecule has 3 rings (SSSR count). The Bertz CT molecular complexity index is 1010. The van der Waals surface area contributed by atoms with Crippen LogP contribution in [0.3, 0.4) is 0 Å². The van der Waals surface area contributed by atoms with Crippen LogP contribution in [-0.2, 0) is 0 Å². The molecule has 0 aromatic heterocycles. The van der Waals surface area contributed by atoms with E-state index in [0.717, 1.165) is 18.4 Å². The van der Waals surface area contributed by atoms with Gasteiger partial charge in [0.2, 0.25) is 0 Å². The van der Waals surface area contributed by atoms with Crippen molar-refractivity contribution in [2.45, 2.75) is 19.8 Å². The van der Waals surface area contributed by atoms with Gasteiger partial charge in [0.15, 0.2) is 0 Å². The van der Waals surface area contributed by atoms with Crippen molar-refractivity contribution in [3.8, 4) is 39.5 Å². The van der Waals surface area contributed by atoms with E-state index >= 15 is 0 Å². The molecule has 6 nitrogen and oxygen atoms in total. The van der Waals surface area contributed by atoms with Crippen LogP contribution in [0.2, 0.25) is 0 Å². The second-order valence-electron chi connectivity index (χ2n) is 6.75. The molecule has 0 bridgehead atoms. The van der Waals surface area contributed by atoms with E-state index in [4.69, 9.17) is 14.2 Å². The van der Waals surface area contributed by atoms with Gasteiger partial charge in [-0.2, -0.15) is 0 Å². The SMILES string of the molecule is CCCCOc1cc(OC)ccc1-c1cccc(-c2ccc(OC)cc2)c1[N+](=O)[O-]. The fraction of sp³-hybridized carbons (Fsp3) is 0.250. The van der Waals surface area contributed by atoms with E-state index in [-0.39, 0.29) is 10.6 Å². The molecule has 6 heteroatoms. The minimum atomic E-state index is -0.338. The van der Waals surface area contributed by atoms with Crippen molar-refractivity contribution < 1.29 is 19.1 Å². The lowest BCUT2D eigenvalue weighted by Crippen LogP contribution is -2.01. The Morgan fingerprint density at radius 1 is 0.867 bits per heavy atom. The van der Waals surface area contributed by atoms with Crippen LogP contribution >= 0.6 is 0 Å². The van der Waals surface area contributed by atoms with Crippen LogP contribution in [0.25, 0.3) is 22.3 Å². The quantitative estimate of drug-likeness (QED) is 0.243. The van der Waals surface area contributed by atoms with Gasteiger partial charge in [0.05, 0.1) is 36.9 Å². The Labute approximate surface area is 176 Å². The number of hydrogen-bond acceptors (Lipinski definition) is 5. The van der Waals surface area contributed by atoms with Gasteiger partial charge in [-0.05, 0) is 48.4 Å². The summed E-state index contributed by atoms with van der Waals surface area (Å²) in [6.45, 7) is 2.61. The van der Waals surface area contributed by atoms with Crippen molar-refractivity contribution in [1.29, 1.82) is 0 Å². The number of rotatable bonds is 9. The molecular weight excluding hydrogens is 382 g/mol. The molecule has 156 valence electrons. The average Bonchev–Trinajstić information content (AvgIpc) is 2.78. The highest BCUT2D eigenvalue weighted by atomic mass is 16.6. The molecule has 0 atom stereocenters. The molecule has 0 heterocycles. The number of unbranched alkanes of at least 4 members (excludes halogenated alkanes) is 1. The summed E-state index contributed by atoms with van der Waals surface area (Å²) in [6.07, 6.45) is 1.89. The lowest BCUT2D eigenvalue weighted by Gasteiger charge is -2.15. The molecule has 0 aliphatic heterocycles. The average molecular weight is 407 g/mol. The molecule has 0 amide bonds. The summed E-state index contributed by atoms with van der Waals surface area (Å²) in [4.78, 5) is 11.8. The number of nitro benzene ring substituents is 1. The summed E-state index contributed by atoms with van der Waals surface area (Å²) in [6, 6.07) is 17.9. The first-order valence-electron chi connectivity index (χ1n) is 9.82. The zero-order valence-corrected chi connectivity index (χ0v) is 17.4. The first-order chi connectivity index (χ1) is 14.6. The van der Waals surface area contributed by atoms with Crippen LogP contribution in [0.1, 0.15) is 19.8 Å². The smallest absolute Gasteiger partial charge is 0.285 e. The predicted molar refractivity (Wildman–Crippen MR) is 117 cm³/mol. The molecule has 0 fully saturated rings. The van der Waals surface area contributed by atoms with Crippen LogP contribution < -0.4 is 14.2 Å². The summed E-state index contributed by atoms with van der Waals surface area (Å²) >= 11 is 0. The zero-order valence-electron chi connectivity index (χ0n) is 17.4. The molecule has 3 aromatic rings. The number of benzene rings is 3. The Kier molecular flexibility index (Phi) is 6.91. The summed E-state index contributed by atoms with van der Waals surface area (Å²) in [5.74, 6) is 1.90. The Morgan fingerprint density at radius 3 is 2.17 bits per heavy atom. The first kappa shape index (κ1) is 21.2. The van der Waals surface area contributed by atoms with Gasteiger partial charge in [-0.1, -0.05) is 31.5 Å². The van der Waals surface area contributed by atoms with Crippen molar-refractivity contribution in [1.82, 2.24) is 0 Å². The lowest BCUT2D eigenvalue weighted by atomic mass is 9.95. The largest absolute Gasteiger partial charge is 0.497 e. The van der Waals surface area contributed by atoms with Crippen molar-refractivity contribution in [3.05, 3.63) is 70.8 Å². The third-order valence-electron chi connectivity index (χ3n) is 4.85. The van der Waals surface area contributed by atoms with E-state index in [1.54, 1.807) is 56.7 Å². The molecule has 0 spiro atoms. The van der Waals surface area contributed by atoms with Crippen molar-refractivity contribution in [3.63, 3.8) is 0 Å². The maximum absolute atomic E-state index is 12.1. The van der Waals surface area contributed by atoms with Gasteiger partial charge in [0.25, 0.3) is 5.69 Å².